The molecular formula is C8H6IN3O2. The van der Waals surface area contributed by atoms with Gasteiger partial charge in [0.1, 0.15) is 5.52 Å². The minimum Gasteiger partial charge on any atom is -0.481 e. The maximum absolute atomic E-state index is 11.2. The van der Waals surface area contributed by atoms with E-state index in [1.807, 2.05) is 22.9 Å². The molecule has 2 aromatic heterocycles. The number of aromatic nitrogens is 3. The Kier molecular flexibility index (Phi) is 2.36. The fourth-order valence-electron chi connectivity index (χ4n) is 1.06. The van der Waals surface area contributed by atoms with E-state index in [4.69, 9.17) is 4.74 Å². The SMILES string of the molecule is COc1ccc2ncc(=O)n(I)c2n1. The fraction of sp³-hybridized carbons (Fsp3) is 0.125. The number of halogens is 1. The second-order valence-corrected chi connectivity index (χ2v) is 3.54. The molecule has 72 valence electrons. The van der Waals surface area contributed by atoms with Crippen LogP contribution in [0.15, 0.2) is 23.1 Å². The summed E-state index contributed by atoms with van der Waals surface area (Å²) in [6, 6.07) is 3.46. The van der Waals surface area contributed by atoms with Crippen LogP contribution in [-0.4, -0.2) is 19.9 Å². The van der Waals surface area contributed by atoms with Crippen LogP contribution in [0, 0.1) is 0 Å². The first-order valence-electron chi connectivity index (χ1n) is 3.81. The molecule has 0 N–H and O–H groups in total. The van der Waals surface area contributed by atoms with Gasteiger partial charge >= 0.3 is 0 Å². The first kappa shape index (κ1) is 9.38. The van der Waals surface area contributed by atoms with Gasteiger partial charge < -0.3 is 4.74 Å². The lowest BCUT2D eigenvalue weighted by Crippen LogP contribution is -2.13. The van der Waals surface area contributed by atoms with E-state index in [0.29, 0.717) is 17.0 Å². The summed E-state index contributed by atoms with van der Waals surface area (Å²) < 4.78 is 6.36. The Morgan fingerprint density at radius 3 is 3.00 bits per heavy atom. The van der Waals surface area contributed by atoms with E-state index < -0.39 is 0 Å². The molecule has 0 bridgehead atoms. The lowest BCUT2D eigenvalue weighted by atomic mass is 10.4. The summed E-state index contributed by atoms with van der Waals surface area (Å²) in [5, 5.41) is 0. The van der Waals surface area contributed by atoms with Gasteiger partial charge in [0.25, 0.3) is 5.56 Å². The summed E-state index contributed by atoms with van der Waals surface area (Å²) in [6.45, 7) is 0. The first-order chi connectivity index (χ1) is 6.72. The smallest absolute Gasteiger partial charge is 0.279 e. The van der Waals surface area contributed by atoms with E-state index in [0.717, 1.165) is 0 Å². The van der Waals surface area contributed by atoms with Crippen molar-refractivity contribution in [2.75, 3.05) is 7.11 Å². The minimum atomic E-state index is -0.196. The number of hydrogen-bond donors (Lipinski definition) is 0. The Labute approximate surface area is 93.2 Å². The molecule has 2 aromatic rings. The zero-order valence-corrected chi connectivity index (χ0v) is 9.43. The highest BCUT2D eigenvalue weighted by molar-refractivity contribution is 14.1. The zero-order valence-electron chi connectivity index (χ0n) is 7.27. The first-order valence-corrected chi connectivity index (χ1v) is 4.78. The van der Waals surface area contributed by atoms with Gasteiger partial charge in [0.2, 0.25) is 5.88 Å². The van der Waals surface area contributed by atoms with Crippen LogP contribution < -0.4 is 10.3 Å². The molecule has 14 heavy (non-hydrogen) atoms. The number of ether oxygens (including phenoxy) is 1. The highest BCUT2D eigenvalue weighted by Crippen LogP contribution is 2.13. The highest BCUT2D eigenvalue weighted by atomic mass is 127. The third-order valence-corrected chi connectivity index (χ3v) is 2.66. The molecule has 0 fully saturated rings. The van der Waals surface area contributed by atoms with Crippen molar-refractivity contribution in [2.45, 2.75) is 0 Å². The van der Waals surface area contributed by atoms with Crippen molar-refractivity contribution in [3.05, 3.63) is 28.7 Å². The van der Waals surface area contributed by atoms with Crippen LogP contribution in [0.5, 0.6) is 5.88 Å². The Bertz CT molecular complexity index is 538. The van der Waals surface area contributed by atoms with Crippen molar-refractivity contribution in [1.82, 2.24) is 12.7 Å². The summed E-state index contributed by atoms with van der Waals surface area (Å²) in [6.07, 6.45) is 1.27. The van der Waals surface area contributed by atoms with E-state index in [-0.39, 0.29) is 5.56 Å². The van der Waals surface area contributed by atoms with Gasteiger partial charge in [-0.3, -0.25) is 4.79 Å². The zero-order chi connectivity index (χ0) is 10.1. The second kappa shape index (κ2) is 3.52. The summed E-state index contributed by atoms with van der Waals surface area (Å²) in [7, 11) is 1.53. The summed E-state index contributed by atoms with van der Waals surface area (Å²) in [5.41, 5.74) is 0.983. The minimum absolute atomic E-state index is 0.196. The Morgan fingerprint density at radius 1 is 1.50 bits per heavy atom. The van der Waals surface area contributed by atoms with E-state index in [2.05, 4.69) is 9.97 Å². The maximum Gasteiger partial charge on any atom is 0.279 e. The molecule has 0 amide bonds. The van der Waals surface area contributed by atoms with Gasteiger partial charge in [-0.2, -0.15) is 4.98 Å². The molecule has 0 aliphatic rings. The van der Waals surface area contributed by atoms with Crippen molar-refractivity contribution >= 4 is 34.0 Å². The average Bonchev–Trinajstić information content (AvgIpc) is 2.23. The Balaban J connectivity index is 2.84. The maximum atomic E-state index is 11.2. The third kappa shape index (κ3) is 1.45. The van der Waals surface area contributed by atoms with E-state index in [1.165, 1.54) is 16.1 Å². The lowest BCUT2D eigenvalue weighted by Gasteiger charge is -2.02. The average molecular weight is 303 g/mol. The van der Waals surface area contributed by atoms with Gasteiger partial charge in [-0.25, -0.2) is 7.76 Å². The molecule has 0 saturated heterocycles. The summed E-state index contributed by atoms with van der Waals surface area (Å²) in [5.74, 6) is 0.468. The van der Waals surface area contributed by atoms with Crippen molar-refractivity contribution < 1.29 is 4.74 Å². The van der Waals surface area contributed by atoms with Gasteiger partial charge in [0.05, 0.1) is 36.2 Å². The van der Waals surface area contributed by atoms with Gasteiger partial charge in [-0.05, 0) is 6.07 Å². The molecule has 6 heteroatoms. The van der Waals surface area contributed by atoms with Crippen molar-refractivity contribution in [2.24, 2.45) is 0 Å². The monoisotopic (exact) mass is 303 g/mol. The van der Waals surface area contributed by atoms with Gasteiger partial charge in [0, 0.05) is 6.07 Å². The Morgan fingerprint density at radius 2 is 2.29 bits per heavy atom. The van der Waals surface area contributed by atoms with Crippen LogP contribution in [0.25, 0.3) is 11.2 Å². The topological polar surface area (TPSA) is 57.0 Å². The number of methoxy groups -OCH3 is 1. The molecule has 0 aliphatic carbocycles. The highest BCUT2D eigenvalue weighted by Gasteiger charge is 2.04. The number of nitrogens with zero attached hydrogens (tertiary/aromatic N) is 3. The second-order valence-electron chi connectivity index (χ2n) is 2.57. The molecule has 2 heterocycles. The molecule has 0 unspecified atom stereocenters. The van der Waals surface area contributed by atoms with Crippen LogP contribution in [0.1, 0.15) is 0 Å². The van der Waals surface area contributed by atoms with Crippen molar-refractivity contribution in [3.63, 3.8) is 0 Å². The van der Waals surface area contributed by atoms with Gasteiger partial charge in [-0.15, -0.1) is 0 Å². The standard InChI is InChI=1S/C8H6IN3O2/c1-14-6-3-2-5-8(11-6)12(9)7(13)4-10-5/h2-4H,1H3. The molecule has 0 aromatic carbocycles. The Hall–Kier alpha value is -1.18. The quantitative estimate of drug-likeness (QED) is 0.738. The number of fused-ring (bicyclic) bond motifs is 1. The van der Waals surface area contributed by atoms with Crippen LogP contribution in [-0.2, 0) is 0 Å². The molecule has 2 rings (SSSR count). The van der Waals surface area contributed by atoms with Crippen LogP contribution in [0.3, 0.4) is 0 Å². The summed E-state index contributed by atoms with van der Waals surface area (Å²) in [4.78, 5) is 19.3. The third-order valence-electron chi connectivity index (χ3n) is 1.73. The normalized spacial score (nSPS) is 10.4. The predicted molar refractivity (Wildman–Crippen MR) is 59.8 cm³/mol. The largest absolute Gasteiger partial charge is 0.481 e. The van der Waals surface area contributed by atoms with E-state index in [1.54, 1.807) is 12.1 Å². The van der Waals surface area contributed by atoms with Gasteiger partial charge in [0.15, 0.2) is 5.65 Å². The number of pyridine rings is 1. The van der Waals surface area contributed by atoms with Crippen molar-refractivity contribution in [3.8, 4) is 5.88 Å². The van der Waals surface area contributed by atoms with Crippen LogP contribution >= 0.6 is 22.9 Å². The fourth-order valence-corrected chi connectivity index (χ4v) is 1.54. The molecule has 0 radical (unpaired) electrons. The molecule has 5 nitrogen and oxygen atoms in total. The summed E-state index contributed by atoms with van der Waals surface area (Å²) >= 11 is 1.88. The van der Waals surface area contributed by atoms with Gasteiger partial charge in [-0.1, -0.05) is 0 Å². The van der Waals surface area contributed by atoms with E-state index in [9.17, 15) is 4.79 Å². The molecule has 0 spiro atoms. The van der Waals surface area contributed by atoms with Crippen LogP contribution in [0.2, 0.25) is 0 Å². The number of hydrogen-bond acceptors (Lipinski definition) is 4. The molecular weight excluding hydrogens is 297 g/mol. The molecule has 0 saturated carbocycles. The molecule has 0 atom stereocenters. The molecule has 0 aliphatic heterocycles. The predicted octanol–water partition coefficient (Wildman–Crippen LogP) is 0.998. The van der Waals surface area contributed by atoms with Crippen molar-refractivity contribution in [1.29, 1.82) is 0 Å². The lowest BCUT2D eigenvalue weighted by molar-refractivity contribution is 0.399. The van der Waals surface area contributed by atoms with E-state index >= 15 is 0 Å². The van der Waals surface area contributed by atoms with Crippen LogP contribution in [0.4, 0.5) is 0 Å². The number of rotatable bonds is 1.